The van der Waals surface area contributed by atoms with Crippen molar-refractivity contribution in [3.05, 3.63) is 0 Å². The van der Waals surface area contributed by atoms with Gasteiger partial charge in [-0.15, -0.1) is 0 Å². The van der Waals surface area contributed by atoms with E-state index in [2.05, 4.69) is 0 Å². The van der Waals surface area contributed by atoms with Crippen LogP contribution in [0.4, 0.5) is 0 Å². The molecule has 3 fully saturated rings. The van der Waals surface area contributed by atoms with Crippen LogP contribution in [0, 0.1) is 0 Å². The third-order valence-electron chi connectivity index (χ3n) is 2.53. The van der Waals surface area contributed by atoms with Gasteiger partial charge in [-0.25, -0.2) is 0 Å². The van der Waals surface area contributed by atoms with Gasteiger partial charge in [-0.3, -0.25) is 0 Å². The van der Waals surface area contributed by atoms with Crippen LogP contribution in [0.2, 0.25) is 0 Å². The van der Waals surface area contributed by atoms with Crippen LogP contribution in [0.5, 0.6) is 0 Å². The van der Waals surface area contributed by atoms with Crippen molar-refractivity contribution < 1.29 is 18.9 Å². The zero-order chi connectivity index (χ0) is 8.34. The molecule has 3 saturated heterocycles. The van der Waals surface area contributed by atoms with E-state index in [4.69, 9.17) is 18.9 Å². The van der Waals surface area contributed by atoms with Crippen molar-refractivity contribution >= 4 is 0 Å². The number of hydrogen-bond donors (Lipinski definition) is 0. The van der Waals surface area contributed by atoms with Crippen LogP contribution in [0.15, 0.2) is 0 Å². The highest BCUT2D eigenvalue weighted by molar-refractivity contribution is 4.98. The van der Waals surface area contributed by atoms with Crippen molar-refractivity contribution in [1.82, 2.24) is 0 Å². The molecule has 3 aliphatic rings. The van der Waals surface area contributed by atoms with E-state index in [1.54, 1.807) is 0 Å². The van der Waals surface area contributed by atoms with Crippen molar-refractivity contribution in [2.24, 2.45) is 0 Å². The van der Waals surface area contributed by atoms with Crippen LogP contribution in [-0.4, -0.2) is 37.0 Å². The van der Waals surface area contributed by atoms with E-state index in [1.807, 2.05) is 13.8 Å². The highest BCUT2D eigenvalue weighted by Crippen LogP contribution is 2.42. The van der Waals surface area contributed by atoms with Crippen LogP contribution < -0.4 is 0 Å². The maximum atomic E-state index is 5.68. The average Bonchev–Trinajstić information content (AvgIpc) is 2.54. The summed E-state index contributed by atoms with van der Waals surface area (Å²) in [7, 11) is 0. The first-order chi connectivity index (χ1) is 5.66. The van der Waals surface area contributed by atoms with Crippen LogP contribution in [0.25, 0.3) is 0 Å². The van der Waals surface area contributed by atoms with Gasteiger partial charge in [-0.05, 0) is 13.8 Å². The summed E-state index contributed by atoms with van der Waals surface area (Å²) in [6.07, 6.45) is -0.0407. The molecule has 0 amide bonds. The number of ether oxygens (including phenoxy) is 4. The Bertz CT molecular complexity index is 195. The Kier molecular flexibility index (Phi) is 1.22. The molecule has 0 radical (unpaired) electrons. The molecule has 0 aliphatic carbocycles. The molecule has 3 aliphatic heterocycles. The summed E-state index contributed by atoms with van der Waals surface area (Å²) in [4.78, 5) is 0. The molecule has 4 atom stereocenters. The van der Waals surface area contributed by atoms with Gasteiger partial charge in [0.2, 0.25) is 0 Å². The van der Waals surface area contributed by atoms with E-state index in [1.165, 1.54) is 0 Å². The fourth-order valence-electron chi connectivity index (χ4n) is 2.10. The SMILES string of the molecule is CC1(C)O[C@H]2[C@@H]3OC[C@@H](O3)[C@H]2O1. The van der Waals surface area contributed by atoms with Gasteiger partial charge in [-0.1, -0.05) is 0 Å². The van der Waals surface area contributed by atoms with Gasteiger partial charge in [0.15, 0.2) is 12.1 Å². The lowest BCUT2D eigenvalue weighted by molar-refractivity contribution is -0.192. The Hall–Kier alpha value is -0.160. The summed E-state index contributed by atoms with van der Waals surface area (Å²) in [5.41, 5.74) is 0. The maximum Gasteiger partial charge on any atom is 0.187 e. The summed E-state index contributed by atoms with van der Waals surface area (Å²) in [6.45, 7) is 4.49. The molecule has 12 heavy (non-hydrogen) atoms. The zero-order valence-electron chi connectivity index (χ0n) is 7.15. The molecule has 0 spiro atoms. The highest BCUT2D eigenvalue weighted by atomic mass is 16.8. The van der Waals surface area contributed by atoms with Gasteiger partial charge in [-0.2, -0.15) is 0 Å². The Morgan fingerprint density at radius 1 is 1.17 bits per heavy atom. The van der Waals surface area contributed by atoms with Gasteiger partial charge in [0, 0.05) is 0 Å². The van der Waals surface area contributed by atoms with Crippen LogP contribution >= 0.6 is 0 Å². The second kappa shape index (κ2) is 2.01. The second-order valence-electron chi connectivity index (χ2n) is 3.94. The van der Waals surface area contributed by atoms with Gasteiger partial charge in [0.25, 0.3) is 0 Å². The van der Waals surface area contributed by atoms with E-state index in [0.717, 1.165) is 0 Å². The predicted molar refractivity (Wildman–Crippen MR) is 38.4 cm³/mol. The molecular weight excluding hydrogens is 160 g/mol. The topological polar surface area (TPSA) is 36.9 Å². The van der Waals surface area contributed by atoms with Gasteiger partial charge >= 0.3 is 0 Å². The van der Waals surface area contributed by atoms with Crippen molar-refractivity contribution in [1.29, 1.82) is 0 Å². The number of hydrogen-bond acceptors (Lipinski definition) is 4. The summed E-state index contributed by atoms with van der Waals surface area (Å²) in [5, 5.41) is 0. The number of rotatable bonds is 0. The smallest absolute Gasteiger partial charge is 0.187 e. The van der Waals surface area contributed by atoms with Crippen molar-refractivity contribution in [3.8, 4) is 0 Å². The summed E-state index contributed by atoms with van der Waals surface area (Å²) >= 11 is 0. The van der Waals surface area contributed by atoms with Gasteiger partial charge in [0.05, 0.1) is 6.61 Å². The van der Waals surface area contributed by atoms with Crippen LogP contribution in [0.3, 0.4) is 0 Å². The molecule has 0 unspecified atom stereocenters. The fraction of sp³-hybridized carbons (Fsp3) is 1.00. The molecule has 4 heteroatoms. The Morgan fingerprint density at radius 2 is 1.92 bits per heavy atom. The lowest BCUT2D eigenvalue weighted by atomic mass is 10.1. The number of fused-ring (bicyclic) bond motifs is 5. The molecule has 0 aromatic rings. The first-order valence-electron chi connectivity index (χ1n) is 4.28. The predicted octanol–water partition coefficient (Wildman–Crippen LogP) is 0.262. The van der Waals surface area contributed by atoms with Gasteiger partial charge in [0.1, 0.15) is 18.3 Å². The highest BCUT2D eigenvalue weighted by Gasteiger charge is 2.59. The minimum absolute atomic E-state index is 0.0150. The second-order valence-corrected chi connectivity index (χ2v) is 3.94. The van der Waals surface area contributed by atoms with Crippen LogP contribution in [0.1, 0.15) is 13.8 Å². The monoisotopic (exact) mass is 172 g/mol. The minimum atomic E-state index is -0.469. The lowest BCUT2D eigenvalue weighted by Crippen LogP contribution is -2.37. The molecule has 3 rings (SSSR count). The lowest BCUT2D eigenvalue weighted by Gasteiger charge is -2.19. The van der Waals surface area contributed by atoms with E-state index in [9.17, 15) is 0 Å². The normalized spacial score (nSPS) is 54.5. The average molecular weight is 172 g/mol. The molecule has 2 bridgehead atoms. The summed E-state index contributed by atoms with van der Waals surface area (Å²) < 4.78 is 22.1. The van der Waals surface area contributed by atoms with E-state index < -0.39 is 5.79 Å². The molecule has 0 N–H and O–H groups in total. The third-order valence-corrected chi connectivity index (χ3v) is 2.53. The molecular formula is C8H12O4. The van der Waals surface area contributed by atoms with E-state index >= 15 is 0 Å². The van der Waals surface area contributed by atoms with Crippen molar-refractivity contribution in [2.45, 2.75) is 44.2 Å². The van der Waals surface area contributed by atoms with Crippen LogP contribution in [-0.2, 0) is 18.9 Å². The zero-order valence-corrected chi connectivity index (χ0v) is 7.15. The first-order valence-corrected chi connectivity index (χ1v) is 4.28. The standard InChI is InChI=1S/C8H12O4/c1-8(2)11-5-4-3-9-7(10-4)6(5)12-8/h4-7H,3H2,1-2H3/t4-,5-,6-,7-/m1/s1. The molecule has 0 aromatic carbocycles. The third kappa shape index (κ3) is 0.808. The summed E-state index contributed by atoms with van der Waals surface area (Å²) in [6, 6.07) is 0. The molecule has 3 heterocycles. The summed E-state index contributed by atoms with van der Waals surface area (Å²) in [5.74, 6) is -0.469. The maximum absolute atomic E-state index is 5.68. The van der Waals surface area contributed by atoms with Crippen molar-refractivity contribution in [3.63, 3.8) is 0 Å². The Balaban J connectivity index is 1.87. The Morgan fingerprint density at radius 3 is 2.67 bits per heavy atom. The minimum Gasteiger partial charge on any atom is -0.347 e. The molecule has 0 aromatic heterocycles. The first kappa shape index (κ1) is 7.26. The quantitative estimate of drug-likeness (QED) is 0.525. The molecule has 0 saturated carbocycles. The van der Waals surface area contributed by atoms with E-state index in [-0.39, 0.29) is 24.6 Å². The largest absolute Gasteiger partial charge is 0.347 e. The molecule has 68 valence electrons. The van der Waals surface area contributed by atoms with Gasteiger partial charge < -0.3 is 18.9 Å². The van der Waals surface area contributed by atoms with E-state index in [0.29, 0.717) is 6.61 Å². The fourth-order valence-corrected chi connectivity index (χ4v) is 2.10. The Labute approximate surface area is 70.7 Å². The molecule has 4 nitrogen and oxygen atoms in total. The van der Waals surface area contributed by atoms with Crippen molar-refractivity contribution in [2.75, 3.05) is 6.61 Å².